The molecule has 1 aromatic rings. The smallest absolute Gasteiger partial charge is 0.0210 e. The van der Waals surface area contributed by atoms with Gasteiger partial charge in [-0.1, -0.05) is 17.7 Å². The Kier molecular flexibility index (Phi) is 4.41. The minimum absolute atomic E-state index is 0.834. The molecule has 0 aromatic heterocycles. The standard InChI is InChI=1S/C16H26N2/c1-12-7-13(2)16(14(3)8-12)10-17-9-15-5-6-18(4)11-15/h7-8,15,17H,5-6,9-11H2,1-4H3. The van der Waals surface area contributed by atoms with E-state index in [-0.39, 0.29) is 0 Å². The lowest BCUT2D eigenvalue weighted by Gasteiger charge is -2.15. The van der Waals surface area contributed by atoms with E-state index in [9.17, 15) is 0 Å². The molecule has 1 heterocycles. The Morgan fingerprint density at radius 2 is 1.89 bits per heavy atom. The summed E-state index contributed by atoms with van der Waals surface area (Å²) in [5.74, 6) is 0.834. The van der Waals surface area contributed by atoms with E-state index in [1.54, 1.807) is 0 Å². The lowest BCUT2D eigenvalue weighted by molar-refractivity contribution is 0.388. The number of hydrogen-bond acceptors (Lipinski definition) is 2. The van der Waals surface area contributed by atoms with Crippen LogP contribution in [-0.2, 0) is 6.54 Å². The number of nitrogens with zero attached hydrogens (tertiary/aromatic N) is 1. The second-order valence-corrected chi connectivity index (χ2v) is 5.93. The van der Waals surface area contributed by atoms with Crippen molar-refractivity contribution in [3.05, 3.63) is 34.4 Å². The first-order valence-electron chi connectivity index (χ1n) is 7.02. The molecule has 1 saturated heterocycles. The van der Waals surface area contributed by atoms with Crippen LogP contribution in [0.1, 0.15) is 28.7 Å². The molecule has 0 bridgehead atoms. The predicted molar refractivity (Wildman–Crippen MR) is 78.0 cm³/mol. The average molecular weight is 246 g/mol. The molecule has 2 nitrogen and oxygen atoms in total. The van der Waals surface area contributed by atoms with Crippen LogP contribution in [0.3, 0.4) is 0 Å². The van der Waals surface area contributed by atoms with E-state index < -0.39 is 0 Å². The molecule has 0 saturated carbocycles. The Balaban J connectivity index is 1.87. The summed E-state index contributed by atoms with van der Waals surface area (Å²) in [6.07, 6.45) is 1.34. The van der Waals surface area contributed by atoms with Crippen LogP contribution in [0.15, 0.2) is 12.1 Å². The normalized spacial score (nSPS) is 20.6. The molecule has 0 spiro atoms. The van der Waals surface area contributed by atoms with Crippen molar-refractivity contribution in [3.8, 4) is 0 Å². The summed E-state index contributed by atoms with van der Waals surface area (Å²) in [6, 6.07) is 4.57. The highest BCUT2D eigenvalue weighted by Crippen LogP contribution is 2.17. The number of aryl methyl sites for hydroxylation is 3. The number of benzene rings is 1. The van der Waals surface area contributed by atoms with E-state index in [0.29, 0.717) is 0 Å². The molecule has 100 valence electrons. The average Bonchev–Trinajstić information content (AvgIpc) is 2.68. The van der Waals surface area contributed by atoms with Crippen molar-refractivity contribution in [1.82, 2.24) is 10.2 Å². The molecule has 0 amide bonds. The monoisotopic (exact) mass is 246 g/mol. The van der Waals surface area contributed by atoms with E-state index in [2.05, 4.69) is 50.2 Å². The molecule has 1 N–H and O–H groups in total. The van der Waals surface area contributed by atoms with Gasteiger partial charge in [-0.2, -0.15) is 0 Å². The highest BCUT2D eigenvalue weighted by molar-refractivity contribution is 5.37. The van der Waals surface area contributed by atoms with E-state index in [1.807, 2.05) is 0 Å². The molecule has 1 atom stereocenters. The molecule has 1 aliphatic heterocycles. The van der Waals surface area contributed by atoms with Gasteiger partial charge < -0.3 is 10.2 Å². The summed E-state index contributed by atoms with van der Waals surface area (Å²) in [6.45, 7) is 11.3. The Labute approximate surface area is 111 Å². The Morgan fingerprint density at radius 3 is 2.44 bits per heavy atom. The van der Waals surface area contributed by atoms with Gasteiger partial charge in [-0.15, -0.1) is 0 Å². The quantitative estimate of drug-likeness (QED) is 0.878. The van der Waals surface area contributed by atoms with Gasteiger partial charge in [0.2, 0.25) is 0 Å². The third kappa shape index (κ3) is 3.33. The minimum atomic E-state index is 0.834. The topological polar surface area (TPSA) is 15.3 Å². The van der Waals surface area contributed by atoms with Crippen LogP contribution in [0.4, 0.5) is 0 Å². The number of likely N-dealkylation sites (tertiary alicyclic amines) is 1. The summed E-state index contributed by atoms with van der Waals surface area (Å²) in [7, 11) is 2.22. The second-order valence-electron chi connectivity index (χ2n) is 5.93. The molecule has 2 heteroatoms. The van der Waals surface area contributed by atoms with Crippen LogP contribution in [0, 0.1) is 26.7 Å². The van der Waals surface area contributed by atoms with E-state index in [4.69, 9.17) is 0 Å². The van der Waals surface area contributed by atoms with Crippen molar-refractivity contribution in [3.63, 3.8) is 0 Å². The first-order valence-corrected chi connectivity index (χ1v) is 7.02. The van der Waals surface area contributed by atoms with Crippen LogP contribution in [-0.4, -0.2) is 31.6 Å². The summed E-state index contributed by atoms with van der Waals surface area (Å²) < 4.78 is 0. The maximum atomic E-state index is 3.64. The first-order chi connectivity index (χ1) is 8.56. The number of hydrogen-bond donors (Lipinski definition) is 1. The number of nitrogens with one attached hydrogen (secondary N) is 1. The molecule has 1 aliphatic rings. The zero-order chi connectivity index (χ0) is 13.1. The molecule has 1 unspecified atom stereocenters. The predicted octanol–water partition coefficient (Wildman–Crippen LogP) is 2.65. The maximum Gasteiger partial charge on any atom is 0.0210 e. The minimum Gasteiger partial charge on any atom is -0.312 e. The molecule has 2 rings (SSSR count). The Hall–Kier alpha value is -0.860. The lowest BCUT2D eigenvalue weighted by atomic mass is 9.99. The maximum absolute atomic E-state index is 3.64. The van der Waals surface area contributed by atoms with Crippen LogP contribution in [0.25, 0.3) is 0 Å². The Morgan fingerprint density at radius 1 is 1.22 bits per heavy atom. The summed E-state index contributed by atoms with van der Waals surface area (Å²) >= 11 is 0. The highest BCUT2D eigenvalue weighted by Gasteiger charge is 2.18. The molecular weight excluding hydrogens is 220 g/mol. The molecule has 0 aliphatic carbocycles. The molecule has 0 radical (unpaired) electrons. The second kappa shape index (κ2) is 5.85. The molecule has 1 fully saturated rings. The van der Waals surface area contributed by atoms with Gasteiger partial charge in [0.05, 0.1) is 0 Å². The summed E-state index contributed by atoms with van der Waals surface area (Å²) in [5.41, 5.74) is 5.69. The van der Waals surface area contributed by atoms with E-state index in [0.717, 1.165) is 19.0 Å². The SMILES string of the molecule is Cc1cc(C)c(CNCC2CCN(C)C2)c(C)c1. The van der Waals surface area contributed by atoms with Gasteiger partial charge in [0.15, 0.2) is 0 Å². The first kappa shape index (κ1) is 13.6. The van der Waals surface area contributed by atoms with Crippen molar-refractivity contribution in [2.24, 2.45) is 5.92 Å². The largest absolute Gasteiger partial charge is 0.312 e. The van der Waals surface area contributed by atoms with Crippen LogP contribution >= 0.6 is 0 Å². The fourth-order valence-electron chi connectivity index (χ4n) is 3.08. The lowest BCUT2D eigenvalue weighted by Crippen LogP contribution is -2.25. The van der Waals surface area contributed by atoms with E-state index in [1.165, 1.54) is 41.8 Å². The van der Waals surface area contributed by atoms with Crippen molar-refractivity contribution < 1.29 is 0 Å². The van der Waals surface area contributed by atoms with Crippen LogP contribution in [0.2, 0.25) is 0 Å². The van der Waals surface area contributed by atoms with Gasteiger partial charge in [0, 0.05) is 13.1 Å². The van der Waals surface area contributed by atoms with Crippen LogP contribution in [0.5, 0.6) is 0 Å². The molecular formula is C16H26N2. The third-order valence-corrected chi connectivity index (χ3v) is 4.06. The van der Waals surface area contributed by atoms with E-state index >= 15 is 0 Å². The molecule has 18 heavy (non-hydrogen) atoms. The Bertz CT molecular complexity index is 389. The zero-order valence-electron chi connectivity index (χ0n) is 12.2. The van der Waals surface area contributed by atoms with Gasteiger partial charge in [-0.25, -0.2) is 0 Å². The van der Waals surface area contributed by atoms with Crippen molar-refractivity contribution in [2.45, 2.75) is 33.7 Å². The van der Waals surface area contributed by atoms with Gasteiger partial charge in [0.1, 0.15) is 0 Å². The van der Waals surface area contributed by atoms with Crippen LogP contribution < -0.4 is 5.32 Å². The van der Waals surface area contributed by atoms with Gasteiger partial charge in [0.25, 0.3) is 0 Å². The highest BCUT2D eigenvalue weighted by atomic mass is 15.1. The van der Waals surface area contributed by atoms with Gasteiger partial charge in [-0.3, -0.25) is 0 Å². The fourth-order valence-corrected chi connectivity index (χ4v) is 3.08. The van der Waals surface area contributed by atoms with Gasteiger partial charge >= 0.3 is 0 Å². The van der Waals surface area contributed by atoms with Gasteiger partial charge in [-0.05, 0) is 69.9 Å². The fraction of sp³-hybridized carbons (Fsp3) is 0.625. The molecule has 1 aromatic carbocycles. The summed E-state index contributed by atoms with van der Waals surface area (Å²) in [4.78, 5) is 2.43. The van der Waals surface area contributed by atoms with Crippen molar-refractivity contribution in [1.29, 1.82) is 0 Å². The zero-order valence-corrected chi connectivity index (χ0v) is 12.2. The number of rotatable bonds is 4. The van der Waals surface area contributed by atoms with Crippen molar-refractivity contribution >= 4 is 0 Å². The third-order valence-electron chi connectivity index (χ3n) is 4.06. The summed E-state index contributed by atoms with van der Waals surface area (Å²) in [5, 5.41) is 3.64. The van der Waals surface area contributed by atoms with Crippen molar-refractivity contribution in [2.75, 3.05) is 26.7 Å².